The van der Waals surface area contributed by atoms with E-state index < -0.39 is 0 Å². The third kappa shape index (κ3) is 4.73. The van der Waals surface area contributed by atoms with Gasteiger partial charge in [0.2, 0.25) is 0 Å². The van der Waals surface area contributed by atoms with Crippen LogP contribution in [0.3, 0.4) is 0 Å². The summed E-state index contributed by atoms with van der Waals surface area (Å²) in [4.78, 5) is 4.23. The standard InChI is InChI=1S/C25H26N4O2S/c1-15-6-4-7-16(2)24(15)27-25(32)29-28-21-13-23(17(3)18-8-5-11-26-14-18)31-22-10-9-19(30)12-20(21)22/h4-12,14,17,23,30H,13H2,1-3H3,(H2,27,29,32)/b28-21-/t17-,23+/m0/s1. The molecule has 1 aliphatic heterocycles. The Morgan fingerprint density at radius 2 is 1.97 bits per heavy atom. The highest BCUT2D eigenvalue weighted by Crippen LogP contribution is 2.35. The molecule has 164 valence electrons. The van der Waals surface area contributed by atoms with Crippen molar-refractivity contribution in [3.8, 4) is 11.5 Å². The van der Waals surface area contributed by atoms with Crippen molar-refractivity contribution in [1.82, 2.24) is 10.4 Å². The molecule has 32 heavy (non-hydrogen) atoms. The fraction of sp³-hybridized carbons (Fsp3) is 0.240. The van der Waals surface area contributed by atoms with E-state index in [9.17, 15) is 5.11 Å². The van der Waals surface area contributed by atoms with E-state index in [4.69, 9.17) is 17.0 Å². The molecule has 0 saturated carbocycles. The van der Waals surface area contributed by atoms with Crippen LogP contribution in [0.1, 0.15) is 41.5 Å². The first kappa shape index (κ1) is 21.8. The van der Waals surface area contributed by atoms with Crippen molar-refractivity contribution in [2.45, 2.75) is 39.2 Å². The largest absolute Gasteiger partial charge is 0.508 e. The minimum Gasteiger partial charge on any atom is -0.508 e. The molecular formula is C25H26N4O2S. The van der Waals surface area contributed by atoms with E-state index in [-0.39, 0.29) is 17.8 Å². The Labute approximate surface area is 193 Å². The number of phenols is 1. The maximum atomic E-state index is 10.0. The van der Waals surface area contributed by atoms with Crippen molar-refractivity contribution in [3.05, 3.63) is 83.2 Å². The molecule has 0 spiro atoms. The zero-order valence-electron chi connectivity index (χ0n) is 18.3. The van der Waals surface area contributed by atoms with Gasteiger partial charge < -0.3 is 15.2 Å². The van der Waals surface area contributed by atoms with E-state index in [2.05, 4.69) is 27.8 Å². The van der Waals surface area contributed by atoms with E-state index in [1.807, 2.05) is 50.4 Å². The fourth-order valence-corrected chi connectivity index (χ4v) is 4.02. The van der Waals surface area contributed by atoms with Crippen LogP contribution in [0.15, 0.2) is 66.0 Å². The summed E-state index contributed by atoms with van der Waals surface area (Å²) in [5.41, 5.74) is 8.77. The van der Waals surface area contributed by atoms with Gasteiger partial charge in [0.05, 0.1) is 5.71 Å². The Morgan fingerprint density at radius 1 is 1.19 bits per heavy atom. The molecule has 1 aliphatic rings. The zero-order valence-corrected chi connectivity index (χ0v) is 19.1. The number of aromatic nitrogens is 1. The summed E-state index contributed by atoms with van der Waals surface area (Å²) in [6, 6.07) is 15.1. The smallest absolute Gasteiger partial charge is 0.191 e. The first-order valence-corrected chi connectivity index (χ1v) is 10.9. The van der Waals surface area contributed by atoms with E-state index in [1.165, 1.54) is 0 Å². The summed E-state index contributed by atoms with van der Waals surface area (Å²) in [5.74, 6) is 0.953. The number of rotatable bonds is 4. The van der Waals surface area contributed by atoms with Crippen LogP contribution in [0.2, 0.25) is 0 Å². The second-order valence-electron chi connectivity index (χ2n) is 8.01. The minimum absolute atomic E-state index is 0.107. The molecule has 1 aromatic heterocycles. The van der Waals surface area contributed by atoms with Crippen molar-refractivity contribution in [2.75, 3.05) is 5.32 Å². The molecule has 0 saturated heterocycles. The van der Waals surface area contributed by atoms with Gasteiger partial charge in [-0.2, -0.15) is 5.10 Å². The van der Waals surface area contributed by atoms with Crippen molar-refractivity contribution in [1.29, 1.82) is 0 Å². The highest BCUT2D eigenvalue weighted by Gasteiger charge is 2.30. The molecule has 6 nitrogen and oxygen atoms in total. The van der Waals surface area contributed by atoms with Gasteiger partial charge in [-0.15, -0.1) is 0 Å². The Morgan fingerprint density at radius 3 is 2.69 bits per heavy atom. The van der Waals surface area contributed by atoms with Crippen molar-refractivity contribution in [3.63, 3.8) is 0 Å². The van der Waals surface area contributed by atoms with Gasteiger partial charge in [-0.1, -0.05) is 31.2 Å². The number of para-hydroxylation sites is 1. The third-order valence-electron chi connectivity index (χ3n) is 5.73. The van der Waals surface area contributed by atoms with Gasteiger partial charge >= 0.3 is 0 Å². The summed E-state index contributed by atoms with van der Waals surface area (Å²) in [6.45, 7) is 6.18. The number of thiocarbonyl (C=S) groups is 1. The lowest BCUT2D eigenvalue weighted by Gasteiger charge is -2.31. The molecule has 0 amide bonds. The predicted octanol–water partition coefficient (Wildman–Crippen LogP) is 5.05. The lowest BCUT2D eigenvalue weighted by molar-refractivity contribution is 0.176. The normalized spacial score (nSPS) is 17.2. The van der Waals surface area contributed by atoms with Gasteiger partial charge in [-0.25, -0.2) is 0 Å². The maximum absolute atomic E-state index is 10.0. The quantitative estimate of drug-likeness (QED) is 0.385. The van der Waals surface area contributed by atoms with E-state index >= 15 is 0 Å². The number of anilines is 1. The minimum atomic E-state index is -0.128. The molecule has 7 heteroatoms. The summed E-state index contributed by atoms with van der Waals surface area (Å²) in [6.07, 6.45) is 4.05. The molecule has 0 aliphatic carbocycles. The maximum Gasteiger partial charge on any atom is 0.191 e. The van der Waals surface area contributed by atoms with Crippen LogP contribution in [-0.4, -0.2) is 27.0 Å². The lowest BCUT2D eigenvalue weighted by atomic mass is 9.89. The van der Waals surface area contributed by atoms with Gasteiger partial charge in [0.15, 0.2) is 5.11 Å². The van der Waals surface area contributed by atoms with Gasteiger partial charge in [-0.05, 0) is 67.0 Å². The first-order chi connectivity index (χ1) is 15.4. The van der Waals surface area contributed by atoms with E-state index in [0.29, 0.717) is 17.3 Å². The number of hydrazone groups is 1. The molecule has 3 N–H and O–H groups in total. The van der Waals surface area contributed by atoms with Gasteiger partial charge in [-0.3, -0.25) is 10.4 Å². The molecule has 0 bridgehead atoms. The molecule has 2 atom stereocenters. The van der Waals surface area contributed by atoms with Crippen LogP contribution in [0, 0.1) is 13.8 Å². The number of ether oxygens (including phenoxy) is 1. The summed E-state index contributed by atoms with van der Waals surface area (Å²) in [7, 11) is 0. The Balaban J connectivity index is 1.57. The number of hydrogen-bond donors (Lipinski definition) is 3. The van der Waals surface area contributed by atoms with Gasteiger partial charge in [0, 0.05) is 36.0 Å². The number of nitrogens with one attached hydrogen (secondary N) is 2. The summed E-state index contributed by atoms with van der Waals surface area (Å²) in [5, 5.41) is 18.3. The second kappa shape index (κ2) is 9.36. The highest BCUT2D eigenvalue weighted by atomic mass is 32.1. The highest BCUT2D eigenvalue weighted by molar-refractivity contribution is 7.80. The molecule has 0 unspecified atom stereocenters. The molecule has 2 aromatic carbocycles. The topological polar surface area (TPSA) is 78.8 Å². The molecule has 2 heterocycles. The Bertz CT molecular complexity index is 1140. The number of pyridine rings is 1. The van der Waals surface area contributed by atoms with Crippen molar-refractivity contribution in [2.24, 2.45) is 5.10 Å². The van der Waals surface area contributed by atoms with E-state index in [0.717, 1.165) is 33.7 Å². The molecule has 0 fully saturated rings. The third-order valence-corrected chi connectivity index (χ3v) is 5.92. The Hall–Kier alpha value is -3.45. The van der Waals surface area contributed by atoms with Crippen LogP contribution in [0.5, 0.6) is 11.5 Å². The van der Waals surface area contributed by atoms with E-state index in [1.54, 1.807) is 24.4 Å². The monoisotopic (exact) mass is 446 g/mol. The molecule has 4 rings (SSSR count). The first-order valence-electron chi connectivity index (χ1n) is 10.5. The number of aryl methyl sites for hydroxylation is 2. The molecular weight excluding hydrogens is 420 g/mol. The van der Waals surface area contributed by atoms with Crippen LogP contribution in [0.25, 0.3) is 0 Å². The van der Waals surface area contributed by atoms with Gasteiger partial charge in [0.1, 0.15) is 17.6 Å². The molecule has 3 aromatic rings. The van der Waals surface area contributed by atoms with Crippen LogP contribution in [0.4, 0.5) is 5.69 Å². The average Bonchev–Trinajstić information content (AvgIpc) is 2.80. The van der Waals surface area contributed by atoms with Crippen LogP contribution < -0.4 is 15.5 Å². The Kier molecular flexibility index (Phi) is 6.37. The van der Waals surface area contributed by atoms with Gasteiger partial charge in [0.25, 0.3) is 0 Å². The summed E-state index contributed by atoms with van der Waals surface area (Å²) < 4.78 is 6.27. The van der Waals surface area contributed by atoms with Crippen molar-refractivity contribution < 1.29 is 9.84 Å². The number of hydrogen-bond acceptors (Lipinski definition) is 5. The van der Waals surface area contributed by atoms with Crippen LogP contribution >= 0.6 is 12.2 Å². The number of fused-ring (bicyclic) bond motifs is 1. The summed E-state index contributed by atoms with van der Waals surface area (Å²) >= 11 is 5.49. The van der Waals surface area contributed by atoms with Crippen molar-refractivity contribution >= 4 is 28.7 Å². The number of nitrogens with zero attached hydrogens (tertiary/aromatic N) is 2. The average molecular weight is 447 g/mol. The number of phenolic OH excluding ortho intramolecular Hbond substituents is 1. The second-order valence-corrected chi connectivity index (χ2v) is 8.42. The predicted molar refractivity (Wildman–Crippen MR) is 132 cm³/mol. The number of aromatic hydroxyl groups is 1. The fourth-order valence-electron chi connectivity index (χ4n) is 3.87. The molecule has 0 radical (unpaired) electrons. The SMILES string of the molecule is Cc1cccc(C)c1NC(=S)N/N=C1/C[C@H]([C@@H](C)c2cccnc2)Oc2ccc(O)cc21. The zero-order chi connectivity index (χ0) is 22.7. The number of benzene rings is 2. The van der Waals surface area contributed by atoms with Crippen LogP contribution in [-0.2, 0) is 0 Å². The lowest BCUT2D eigenvalue weighted by Crippen LogP contribution is -2.34.